The minimum absolute atomic E-state index is 0.284. The highest BCUT2D eigenvalue weighted by atomic mass is 16.5. The van der Waals surface area contributed by atoms with E-state index in [9.17, 15) is 4.79 Å². The summed E-state index contributed by atoms with van der Waals surface area (Å²) in [6, 6.07) is 7.96. The molecule has 0 amide bonds. The van der Waals surface area contributed by atoms with Crippen LogP contribution in [0.4, 0.5) is 0 Å². The van der Waals surface area contributed by atoms with Crippen molar-refractivity contribution in [1.82, 2.24) is 0 Å². The van der Waals surface area contributed by atoms with E-state index in [1.807, 2.05) is 12.1 Å². The molecule has 1 aromatic carbocycles. The molecule has 0 aliphatic rings. The second-order valence-corrected chi connectivity index (χ2v) is 4.25. The largest absolute Gasteiger partial charge is 0.490 e. The van der Waals surface area contributed by atoms with Crippen LogP contribution in [-0.4, -0.2) is 17.7 Å². The van der Waals surface area contributed by atoms with Gasteiger partial charge in [-0.25, -0.2) is 4.79 Å². The molecule has 0 saturated carbocycles. The van der Waals surface area contributed by atoms with E-state index in [0.717, 1.165) is 12.2 Å². The summed E-state index contributed by atoms with van der Waals surface area (Å²) < 4.78 is 5.45. The zero-order valence-corrected chi connectivity index (χ0v) is 11.0. The monoisotopic (exact) mass is 248 g/mol. The highest BCUT2D eigenvalue weighted by molar-refractivity contribution is 5.85. The van der Waals surface area contributed by atoms with Crippen molar-refractivity contribution in [2.75, 3.05) is 6.61 Å². The van der Waals surface area contributed by atoms with Crippen molar-refractivity contribution in [2.24, 2.45) is 0 Å². The third-order valence-electron chi connectivity index (χ3n) is 2.72. The molecule has 0 aromatic heterocycles. The third-order valence-corrected chi connectivity index (χ3v) is 2.72. The summed E-state index contributed by atoms with van der Waals surface area (Å²) in [6.07, 6.45) is 5.04. The van der Waals surface area contributed by atoms with E-state index < -0.39 is 5.97 Å². The molecule has 1 N–H and O–H groups in total. The number of rotatable bonds is 7. The minimum atomic E-state index is -0.909. The Balaban J connectivity index is 2.44. The Kier molecular flexibility index (Phi) is 5.98. The summed E-state index contributed by atoms with van der Waals surface area (Å²) in [5, 5.41) is 8.67. The van der Waals surface area contributed by atoms with E-state index in [0.29, 0.717) is 5.57 Å². The van der Waals surface area contributed by atoms with Gasteiger partial charge in [-0.1, -0.05) is 25.5 Å². The Hall–Kier alpha value is -1.77. The Morgan fingerprint density at radius 1 is 1.33 bits per heavy atom. The SMILES string of the molecule is CCCCc1ccc(OC/C=C(/C)C(=O)O)cc1. The first-order valence-electron chi connectivity index (χ1n) is 6.25. The number of carboxylic acids is 1. The first-order valence-corrected chi connectivity index (χ1v) is 6.25. The molecule has 0 aliphatic heterocycles. The number of aryl methyl sites for hydroxylation is 1. The second-order valence-electron chi connectivity index (χ2n) is 4.25. The molecule has 0 fully saturated rings. The molecule has 98 valence electrons. The predicted octanol–water partition coefficient (Wildman–Crippen LogP) is 3.44. The van der Waals surface area contributed by atoms with Crippen LogP contribution in [0.5, 0.6) is 5.75 Å². The van der Waals surface area contributed by atoms with Crippen LogP contribution in [0.15, 0.2) is 35.9 Å². The van der Waals surface area contributed by atoms with E-state index in [1.165, 1.54) is 18.4 Å². The summed E-state index contributed by atoms with van der Waals surface area (Å²) in [7, 11) is 0. The van der Waals surface area contributed by atoms with Crippen LogP contribution in [0.2, 0.25) is 0 Å². The molecule has 0 saturated heterocycles. The maximum atomic E-state index is 10.6. The quantitative estimate of drug-likeness (QED) is 0.752. The summed E-state index contributed by atoms with van der Waals surface area (Å²) in [6.45, 7) is 4.01. The van der Waals surface area contributed by atoms with Crippen LogP contribution in [-0.2, 0) is 11.2 Å². The van der Waals surface area contributed by atoms with Crippen LogP contribution >= 0.6 is 0 Å². The first kappa shape index (κ1) is 14.3. The van der Waals surface area contributed by atoms with Gasteiger partial charge in [0.25, 0.3) is 0 Å². The summed E-state index contributed by atoms with van der Waals surface area (Å²) in [4.78, 5) is 10.6. The lowest BCUT2D eigenvalue weighted by Gasteiger charge is -2.05. The zero-order valence-electron chi connectivity index (χ0n) is 11.0. The summed E-state index contributed by atoms with van der Waals surface area (Å²) in [5.41, 5.74) is 1.61. The van der Waals surface area contributed by atoms with Gasteiger partial charge in [0, 0.05) is 5.57 Å². The molecule has 18 heavy (non-hydrogen) atoms. The lowest BCUT2D eigenvalue weighted by atomic mass is 10.1. The predicted molar refractivity (Wildman–Crippen MR) is 71.9 cm³/mol. The highest BCUT2D eigenvalue weighted by Gasteiger charge is 1.99. The van der Waals surface area contributed by atoms with Crippen LogP contribution in [0.3, 0.4) is 0 Å². The Labute approximate surface area is 108 Å². The summed E-state index contributed by atoms with van der Waals surface area (Å²) >= 11 is 0. The zero-order chi connectivity index (χ0) is 13.4. The van der Waals surface area contributed by atoms with Crippen molar-refractivity contribution < 1.29 is 14.6 Å². The van der Waals surface area contributed by atoms with E-state index in [-0.39, 0.29) is 6.61 Å². The van der Waals surface area contributed by atoms with Gasteiger partial charge in [-0.2, -0.15) is 0 Å². The fourth-order valence-electron chi connectivity index (χ4n) is 1.48. The molecular weight excluding hydrogens is 228 g/mol. The fraction of sp³-hybridized carbons (Fsp3) is 0.400. The Morgan fingerprint density at radius 3 is 2.56 bits per heavy atom. The molecular formula is C15H20O3. The van der Waals surface area contributed by atoms with Crippen LogP contribution in [0, 0.1) is 0 Å². The van der Waals surface area contributed by atoms with Crippen molar-refractivity contribution in [3.8, 4) is 5.75 Å². The van der Waals surface area contributed by atoms with Gasteiger partial charge in [-0.3, -0.25) is 0 Å². The Morgan fingerprint density at radius 2 is 2.00 bits per heavy atom. The number of aliphatic carboxylic acids is 1. The van der Waals surface area contributed by atoms with Gasteiger partial charge < -0.3 is 9.84 Å². The lowest BCUT2D eigenvalue weighted by Crippen LogP contribution is -2.00. The van der Waals surface area contributed by atoms with Gasteiger partial charge in [-0.05, 0) is 43.5 Å². The summed E-state index contributed by atoms with van der Waals surface area (Å²) in [5.74, 6) is -0.141. The van der Waals surface area contributed by atoms with Gasteiger partial charge in [0.05, 0.1) is 0 Å². The lowest BCUT2D eigenvalue weighted by molar-refractivity contribution is -0.132. The van der Waals surface area contributed by atoms with Crippen molar-refractivity contribution in [3.05, 3.63) is 41.5 Å². The smallest absolute Gasteiger partial charge is 0.331 e. The molecule has 0 radical (unpaired) electrons. The van der Waals surface area contributed by atoms with E-state index in [1.54, 1.807) is 13.0 Å². The molecule has 0 heterocycles. The van der Waals surface area contributed by atoms with Crippen LogP contribution in [0.1, 0.15) is 32.3 Å². The molecule has 3 heteroatoms. The van der Waals surface area contributed by atoms with Gasteiger partial charge in [0.15, 0.2) is 0 Å². The fourth-order valence-corrected chi connectivity index (χ4v) is 1.48. The van der Waals surface area contributed by atoms with Crippen molar-refractivity contribution >= 4 is 5.97 Å². The topological polar surface area (TPSA) is 46.5 Å². The molecule has 1 rings (SSSR count). The number of hydrogen-bond acceptors (Lipinski definition) is 2. The van der Waals surface area contributed by atoms with Gasteiger partial charge in [0.2, 0.25) is 0 Å². The minimum Gasteiger partial charge on any atom is -0.490 e. The second kappa shape index (κ2) is 7.54. The van der Waals surface area contributed by atoms with E-state index in [2.05, 4.69) is 19.1 Å². The third kappa shape index (κ3) is 5.04. The number of hydrogen-bond donors (Lipinski definition) is 1. The standard InChI is InChI=1S/C15H20O3/c1-3-4-5-13-6-8-14(9-7-13)18-11-10-12(2)15(16)17/h6-10H,3-5,11H2,1-2H3,(H,16,17)/b12-10-. The average Bonchev–Trinajstić information content (AvgIpc) is 2.37. The van der Waals surface area contributed by atoms with Crippen LogP contribution < -0.4 is 4.74 Å². The molecule has 0 atom stereocenters. The molecule has 1 aromatic rings. The molecule has 0 spiro atoms. The van der Waals surface area contributed by atoms with Crippen molar-refractivity contribution in [3.63, 3.8) is 0 Å². The molecule has 0 unspecified atom stereocenters. The highest BCUT2D eigenvalue weighted by Crippen LogP contribution is 2.14. The number of benzene rings is 1. The van der Waals surface area contributed by atoms with Crippen molar-refractivity contribution in [1.29, 1.82) is 0 Å². The maximum absolute atomic E-state index is 10.6. The van der Waals surface area contributed by atoms with Gasteiger partial charge in [-0.15, -0.1) is 0 Å². The molecule has 3 nitrogen and oxygen atoms in total. The van der Waals surface area contributed by atoms with Crippen molar-refractivity contribution in [2.45, 2.75) is 33.1 Å². The van der Waals surface area contributed by atoms with E-state index in [4.69, 9.17) is 9.84 Å². The molecule has 0 bridgehead atoms. The maximum Gasteiger partial charge on any atom is 0.331 e. The number of unbranched alkanes of at least 4 members (excludes halogenated alkanes) is 1. The Bertz CT molecular complexity index is 404. The van der Waals surface area contributed by atoms with E-state index >= 15 is 0 Å². The number of carboxylic acid groups (broad SMARTS) is 1. The van der Waals surface area contributed by atoms with Gasteiger partial charge in [0.1, 0.15) is 12.4 Å². The normalized spacial score (nSPS) is 11.3. The number of ether oxygens (including phenoxy) is 1. The number of carbonyl (C=O) groups is 1. The first-order chi connectivity index (χ1) is 8.63. The van der Waals surface area contributed by atoms with Gasteiger partial charge >= 0.3 is 5.97 Å². The molecule has 0 aliphatic carbocycles. The average molecular weight is 248 g/mol. The van der Waals surface area contributed by atoms with Crippen LogP contribution in [0.25, 0.3) is 0 Å².